The highest BCUT2D eigenvalue weighted by Gasteiger charge is 2.20. The van der Waals surface area contributed by atoms with Gasteiger partial charge in [-0.05, 0) is 19.1 Å². The summed E-state index contributed by atoms with van der Waals surface area (Å²) in [6.07, 6.45) is 0. The number of nitrogens with two attached hydrogens (primary N) is 1. The topological polar surface area (TPSA) is 103 Å². The smallest absolute Gasteiger partial charge is 0.339 e. The summed E-state index contributed by atoms with van der Waals surface area (Å²) in [5.74, 6) is 5.99. The van der Waals surface area contributed by atoms with E-state index in [1.165, 1.54) is 28.4 Å². The summed E-state index contributed by atoms with van der Waals surface area (Å²) in [5.41, 5.74) is 2.76. The van der Waals surface area contributed by atoms with E-state index in [4.69, 9.17) is 10.6 Å². The maximum Gasteiger partial charge on any atom is 0.339 e. The molecule has 1 amide bonds. The highest BCUT2D eigenvalue weighted by Crippen LogP contribution is 2.24. The standard InChI is InChI=1S/C20H21N5O3S/c1-13-8-10-14(11-9-13)18-22-23-20(25(18)21)29-12-17(26)24(2)16-7-5-4-6-15(16)19(27)28-3/h4-11H,12,21H2,1-3H3. The van der Waals surface area contributed by atoms with Crippen molar-refractivity contribution in [1.29, 1.82) is 0 Å². The van der Waals surface area contributed by atoms with E-state index in [1.807, 2.05) is 31.2 Å². The number of rotatable bonds is 6. The number of para-hydroxylation sites is 1. The Hall–Kier alpha value is -3.33. The largest absolute Gasteiger partial charge is 0.465 e. The number of aryl methyl sites for hydroxylation is 1. The van der Waals surface area contributed by atoms with Gasteiger partial charge in [-0.1, -0.05) is 53.7 Å². The second-order valence-corrected chi connectivity index (χ2v) is 7.23. The zero-order chi connectivity index (χ0) is 21.0. The molecule has 2 aromatic carbocycles. The van der Waals surface area contributed by atoms with Gasteiger partial charge in [-0.25, -0.2) is 9.47 Å². The summed E-state index contributed by atoms with van der Waals surface area (Å²) in [4.78, 5) is 26.0. The molecule has 0 bridgehead atoms. The van der Waals surface area contributed by atoms with Crippen molar-refractivity contribution >= 4 is 29.3 Å². The van der Waals surface area contributed by atoms with Crippen LogP contribution in [0.25, 0.3) is 11.4 Å². The van der Waals surface area contributed by atoms with Gasteiger partial charge >= 0.3 is 5.97 Å². The molecular weight excluding hydrogens is 390 g/mol. The lowest BCUT2D eigenvalue weighted by atomic mass is 10.1. The molecule has 0 saturated carbocycles. The van der Waals surface area contributed by atoms with Crippen LogP contribution in [-0.4, -0.2) is 46.7 Å². The van der Waals surface area contributed by atoms with Gasteiger partial charge in [0.15, 0.2) is 5.82 Å². The van der Waals surface area contributed by atoms with Gasteiger partial charge in [-0.15, -0.1) is 10.2 Å². The lowest BCUT2D eigenvalue weighted by Crippen LogP contribution is -2.29. The van der Waals surface area contributed by atoms with Crippen LogP contribution in [0.5, 0.6) is 0 Å². The summed E-state index contributed by atoms with van der Waals surface area (Å²) >= 11 is 1.17. The number of hydrogen-bond donors (Lipinski definition) is 1. The normalized spacial score (nSPS) is 10.6. The molecule has 1 aromatic heterocycles. The number of methoxy groups -OCH3 is 1. The van der Waals surface area contributed by atoms with Crippen LogP contribution in [0.4, 0.5) is 5.69 Å². The average Bonchev–Trinajstić information content (AvgIpc) is 3.11. The van der Waals surface area contributed by atoms with Crippen molar-refractivity contribution in [2.45, 2.75) is 12.1 Å². The number of anilines is 1. The number of aromatic nitrogens is 3. The number of ether oxygens (including phenoxy) is 1. The summed E-state index contributed by atoms with van der Waals surface area (Å²) in [6, 6.07) is 14.5. The van der Waals surface area contributed by atoms with Crippen molar-refractivity contribution in [2.24, 2.45) is 0 Å². The van der Waals surface area contributed by atoms with E-state index in [2.05, 4.69) is 10.2 Å². The summed E-state index contributed by atoms with van der Waals surface area (Å²) in [5, 5.41) is 8.63. The number of carbonyl (C=O) groups excluding carboxylic acids is 2. The quantitative estimate of drug-likeness (QED) is 0.378. The third kappa shape index (κ3) is 4.40. The molecule has 0 radical (unpaired) electrons. The average molecular weight is 411 g/mol. The van der Waals surface area contributed by atoms with Crippen LogP contribution in [0, 0.1) is 6.92 Å². The van der Waals surface area contributed by atoms with Crippen LogP contribution in [-0.2, 0) is 9.53 Å². The molecule has 0 aliphatic heterocycles. The zero-order valence-corrected chi connectivity index (χ0v) is 17.1. The van der Waals surface area contributed by atoms with E-state index in [0.29, 0.717) is 22.2 Å². The van der Waals surface area contributed by atoms with Crippen molar-refractivity contribution in [3.63, 3.8) is 0 Å². The summed E-state index contributed by atoms with van der Waals surface area (Å²) in [6.45, 7) is 2.00. The zero-order valence-electron chi connectivity index (χ0n) is 16.3. The lowest BCUT2D eigenvalue weighted by Gasteiger charge is -2.19. The van der Waals surface area contributed by atoms with Crippen LogP contribution in [0.15, 0.2) is 53.7 Å². The van der Waals surface area contributed by atoms with Crippen molar-refractivity contribution in [3.05, 3.63) is 59.7 Å². The molecule has 0 spiro atoms. The maximum atomic E-state index is 12.7. The number of thioether (sulfide) groups is 1. The molecule has 3 rings (SSSR count). The molecule has 3 aromatic rings. The van der Waals surface area contributed by atoms with Crippen molar-refractivity contribution in [1.82, 2.24) is 14.9 Å². The molecule has 150 valence electrons. The number of carbonyl (C=O) groups is 2. The Labute approximate surface area is 172 Å². The van der Waals surface area contributed by atoms with Gasteiger partial charge in [0.2, 0.25) is 11.1 Å². The molecule has 0 aliphatic rings. The summed E-state index contributed by atoms with van der Waals surface area (Å²) < 4.78 is 6.15. The molecule has 0 unspecified atom stereocenters. The van der Waals surface area contributed by atoms with Crippen molar-refractivity contribution in [2.75, 3.05) is 30.7 Å². The molecule has 2 N–H and O–H groups in total. The predicted octanol–water partition coefficient (Wildman–Crippen LogP) is 2.51. The number of esters is 1. The SMILES string of the molecule is COC(=O)c1ccccc1N(C)C(=O)CSc1nnc(-c2ccc(C)cc2)n1N. The van der Waals surface area contributed by atoms with Crippen molar-refractivity contribution < 1.29 is 14.3 Å². The first-order valence-electron chi connectivity index (χ1n) is 8.76. The first-order chi connectivity index (χ1) is 13.9. The van der Waals surface area contributed by atoms with Crippen LogP contribution >= 0.6 is 11.8 Å². The number of benzene rings is 2. The number of hydrogen-bond acceptors (Lipinski definition) is 7. The Bertz CT molecular complexity index is 1030. The fourth-order valence-electron chi connectivity index (χ4n) is 2.68. The van der Waals surface area contributed by atoms with Crippen LogP contribution in [0.2, 0.25) is 0 Å². The second kappa shape index (κ2) is 8.78. The molecule has 0 aliphatic carbocycles. The molecule has 1 heterocycles. The molecule has 29 heavy (non-hydrogen) atoms. The Morgan fingerprint density at radius 2 is 1.83 bits per heavy atom. The number of nitrogens with zero attached hydrogens (tertiary/aromatic N) is 4. The molecule has 0 fully saturated rings. The van der Waals surface area contributed by atoms with E-state index in [9.17, 15) is 9.59 Å². The Balaban J connectivity index is 1.72. The first kappa shape index (κ1) is 20.4. The van der Waals surface area contributed by atoms with Gasteiger partial charge in [0.05, 0.1) is 24.1 Å². The third-order valence-corrected chi connectivity index (χ3v) is 5.27. The maximum absolute atomic E-state index is 12.7. The predicted molar refractivity (Wildman–Crippen MR) is 112 cm³/mol. The fourth-order valence-corrected chi connectivity index (χ4v) is 3.45. The van der Waals surface area contributed by atoms with Gasteiger partial charge in [0.25, 0.3) is 0 Å². The second-order valence-electron chi connectivity index (χ2n) is 6.29. The highest BCUT2D eigenvalue weighted by molar-refractivity contribution is 7.99. The van der Waals surface area contributed by atoms with Gasteiger partial charge in [0.1, 0.15) is 0 Å². The van der Waals surface area contributed by atoms with E-state index in [1.54, 1.807) is 31.3 Å². The van der Waals surface area contributed by atoms with Gasteiger partial charge in [-0.2, -0.15) is 0 Å². The summed E-state index contributed by atoms with van der Waals surface area (Å²) in [7, 11) is 2.91. The Kier molecular flexibility index (Phi) is 6.18. The molecular formula is C20H21N5O3S. The van der Waals surface area contributed by atoms with Gasteiger partial charge in [-0.3, -0.25) is 4.79 Å². The van der Waals surface area contributed by atoms with Crippen LogP contribution < -0.4 is 10.7 Å². The highest BCUT2D eigenvalue weighted by atomic mass is 32.2. The van der Waals surface area contributed by atoms with Gasteiger partial charge < -0.3 is 15.5 Å². The van der Waals surface area contributed by atoms with E-state index in [0.717, 1.165) is 11.1 Å². The minimum absolute atomic E-state index is 0.0786. The van der Waals surface area contributed by atoms with Gasteiger partial charge in [0, 0.05) is 12.6 Å². The lowest BCUT2D eigenvalue weighted by molar-refractivity contribution is -0.115. The fraction of sp³-hybridized carbons (Fsp3) is 0.200. The monoisotopic (exact) mass is 411 g/mol. The van der Waals surface area contributed by atoms with E-state index < -0.39 is 5.97 Å². The minimum Gasteiger partial charge on any atom is -0.465 e. The minimum atomic E-state index is -0.502. The van der Waals surface area contributed by atoms with Crippen molar-refractivity contribution in [3.8, 4) is 11.4 Å². The Morgan fingerprint density at radius 1 is 1.14 bits per heavy atom. The number of amides is 1. The first-order valence-corrected chi connectivity index (χ1v) is 9.75. The number of nitrogen functional groups attached to an aromatic ring is 1. The van der Waals surface area contributed by atoms with E-state index >= 15 is 0 Å². The van der Waals surface area contributed by atoms with E-state index in [-0.39, 0.29) is 11.7 Å². The Morgan fingerprint density at radius 3 is 2.52 bits per heavy atom. The molecule has 0 atom stereocenters. The van der Waals surface area contributed by atoms with Crippen LogP contribution in [0.1, 0.15) is 15.9 Å². The molecule has 9 heteroatoms. The third-order valence-electron chi connectivity index (χ3n) is 4.34. The molecule has 0 saturated heterocycles. The van der Waals surface area contributed by atoms with Crippen LogP contribution in [0.3, 0.4) is 0 Å². The molecule has 8 nitrogen and oxygen atoms in total.